The molecule has 4 rings (SSSR count). The van der Waals surface area contributed by atoms with E-state index in [-0.39, 0.29) is 12.3 Å². The first-order valence-electron chi connectivity index (χ1n) is 10.4. The van der Waals surface area contributed by atoms with Crippen molar-refractivity contribution >= 4 is 33.0 Å². The second kappa shape index (κ2) is 10.5. The molecule has 32 heavy (non-hydrogen) atoms. The molecular weight excluding hydrogens is 430 g/mol. The molecule has 9 heteroatoms. The number of ether oxygens (including phenoxy) is 1. The summed E-state index contributed by atoms with van der Waals surface area (Å²) in [5, 5.41) is 1.22. The number of nitrogens with one attached hydrogen (secondary N) is 1. The number of fused-ring (bicyclic) bond motifs is 1. The Morgan fingerprint density at radius 2 is 1.62 bits per heavy atom. The average Bonchev–Trinajstić information content (AvgIpc) is 3.19. The van der Waals surface area contributed by atoms with Crippen molar-refractivity contribution in [2.24, 2.45) is 0 Å². The average molecular weight is 458 g/mol. The van der Waals surface area contributed by atoms with Crippen LogP contribution in [-0.2, 0) is 19.8 Å². The molecule has 2 heterocycles. The van der Waals surface area contributed by atoms with Crippen LogP contribution in [0.15, 0.2) is 60.8 Å². The number of para-hydroxylation sites is 1. The molecular formula is C23H27N3O5S. The smallest absolute Gasteiger partial charge is 0.373 e. The van der Waals surface area contributed by atoms with E-state index in [2.05, 4.69) is 33.7 Å². The van der Waals surface area contributed by atoms with E-state index in [1.807, 2.05) is 26.0 Å². The summed E-state index contributed by atoms with van der Waals surface area (Å²) in [6, 6.07) is 17.7. The maximum atomic E-state index is 12.8. The zero-order valence-electron chi connectivity index (χ0n) is 18.1. The molecule has 1 aliphatic rings. The number of rotatable bonds is 6. The van der Waals surface area contributed by atoms with Crippen LogP contribution in [0.25, 0.3) is 10.9 Å². The van der Waals surface area contributed by atoms with Crippen LogP contribution in [0.1, 0.15) is 32.7 Å². The summed E-state index contributed by atoms with van der Waals surface area (Å²) >= 11 is 0. The summed E-state index contributed by atoms with van der Waals surface area (Å²) in [6.07, 6.45) is 4.02. The highest BCUT2D eigenvalue weighted by molar-refractivity contribution is 7.90. The first-order chi connectivity index (χ1) is 15.3. The van der Waals surface area contributed by atoms with Crippen molar-refractivity contribution in [3.05, 3.63) is 60.8 Å². The standard InChI is InChI=1S/C22H27N3O3S.CO2/c1-17(2)28-21-9-7-19(8-10-21)23-29(26,27)24-14-12-20(13-15-24)25-16-11-18-5-3-4-6-22(18)25;2-1-3/h3-11,16-17,20,23H,12-15H2,1-2H3;. The molecule has 0 unspecified atom stereocenters. The second-order valence-corrected chi connectivity index (χ2v) is 9.46. The third-order valence-corrected chi connectivity index (χ3v) is 6.80. The second-order valence-electron chi connectivity index (χ2n) is 7.79. The lowest BCUT2D eigenvalue weighted by Gasteiger charge is -2.32. The first kappa shape index (κ1) is 23.5. The molecule has 1 saturated heterocycles. The number of carbonyl (C=O) groups excluding carboxylic acids is 2. The number of aromatic nitrogens is 1. The molecule has 2 aromatic carbocycles. The number of anilines is 1. The van der Waals surface area contributed by atoms with Crippen molar-refractivity contribution in [2.45, 2.75) is 38.8 Å². The minimum Gasteiger partial charge on any atom is -0.491 e. The molecule has 170 valence electrons. The SMILES string of the molecule is CC(C)Oc1ccc(NS(=O)(=O)N2CCC(n3ccc4ccccc43)CC2)cc1.O=C=O. The van der Waals surface area contributed by atoms with Crippen LogP contribution < -0.4 is 9.46 Å². The highest BCUT2D eigenvalue weighted by Crippen LogP contribution is 2.29. The minimum atomic E-state index is -3.57. The highest BCUT2D eigenvalue weighted by Gasteiger charge is 2.29. The summed E-state index contributed by atoms with van der Waals surface area (Å²) in [6.45, 7) is 4.91. The van der Waals surface area contributed by atoms with E-state index >= 15 is 0 Å². The zero-order valence-corrected chi connectivity index (χ0v) is 18.9. The van der Waals surface area contributed by atoms with Gasteiger partial charge in [0, 0.05) is 30.8 Å². The van der Waals surface area contributed by atoms with Crippen LogP contribution >= 0.6 is 0 Å². The van der Waals surface area contributed by atoms with Crippen LogP contribution in [0.4, 0.5) is 5.69 Å². The summed E-state index contributed by atoms with van der Waals surface area (Å²) in [7, 11) is -3.57. The molecule has 0 bridgehead atoms. The molecule has 0 atom stereocenters. The van der Waals surface area contributed by atoms with Crippen molar-refractivity contribution in [3.63, 3.8) is 0 Å². The minimum absolute atomic E-state index is 0.0799. The lowest BCUT2D eigenvalue weighted by atomic mass is 10.1. The van der Waals surface area contributed by atoms with Gasteiger partial charge in [0.05, 0.1) is 11.8 Å². The van der Waals surface area contributed by atoms with Gasteiger partial charge in [-0.05, 0) is 68.5 Å². The fraction of sp³-hybridized carbons (Fsp3) is 0.348. The zero-order chi connectivity index (χ0) is 23.1. The maximum Gasteiger partial charge on any atom is 0.373 e. The molecule has 1 aliphatic heterocycles. The molecule has 0 saturated carbocycles. The van der Waals surface area contributed by atoms with Crippen molar-refractivity contribution in [3.8, 4) is 5.75 Å². The Hall–Kier alpha value is -3.13. The first-order valence-corrected chi connectivity index (χ1v) is 11.9. The van der Waals surface area contributed by atoms with Gasteiger partial charge in [0.15, 0.2) is 0 Å². The Morgan fingerprint density at radius 3 is 2.25 bits per heavy atom. The molecule has 1 aromatic heterocycles. The van der Waals surface area contributed by atoms with Gasteiger partial charge in [0.2, 0.25) is 0 Å². The van der Waals surface area contributed by atoms with E-state index in [0.717, 1.165) is 18.6 Å². The van der Waals surface area contributed by atoms with Crippen molar-refractivity contribution < 1.29 is 22.7 Å². The van der Waals surface area contributed by atoms with Gasteiger partial charge in [-0.25, -0.2) is 0 Å². The van der Waals surface area contributed by atoms with Gasteiger partial charge >= 0.3 is 16.4 Å². The van der Waals surface area contributed by atoms with Gasteiger partial charge in [-0.3, -0.25) is 4.72 Å². The summed E-state index contributed by atoms with van der Waals surface area (Å²) in [5.74, 6) is 0.725. The Balaban J connectivity index is 0.000000913. The van der Waals surface area contributed by atoms with Crippen LogP contribution in [0.3, 0.4) is 0 Å². The molecule has 1 fully saturated rings. The van der Waals surface area contributed by atoms with Crippen LogP contribution in [0.2, 0.25) is 0 Å². The number of benzene rings is 2. The molecule has 1 N–H and O–H groups in total. The lowest BCUT2D eigenvalue weighted by Crippen LogP contribution is -2.41. The van der Waals surface area contributed by atoms with E-state index in [0.29, 0.717) is 24.8 Å². The quantitative estimate of drug-likeness (QED) is 0.607. The van der Waals surface area contributed by atoms with Gasteiger partial charge in [-0.15, -0.1) is 0 Å². The summed E-state index contributed by atoms with van der Waals surface area (Å²) < 4.78 is 37.7. The molecule has 8 nitrogen and oxygen atoms in total. The van der Waals surface area contributed by atoms with Gasteiger partial charge in [-0.1, -0.05) is 18.2 Å². The Morgan fingerprint density at radius 1 is 1.00 bits per heavy atom. The van der Waals surface area contributed by atoms with Crippen LogP contribution in [-0.4, -0.2) is 42.6 Å². The number of hydrogen-bond acceptors (Lipinski definition) is 5. The van der Waals surface area contributed by atoms with E-state index in [4.69, 9.17) is 14.3 Å². The third-order valence-electron chi connectivity index (χ3n) is 5.26. The van der Waals surface area contributed by atoms with E-state index in [9.17, 15) is 8.42 Å². The molecule has 0 radical (unpaired) electrons. The lowest BCUT2D eigenvalue weighted by molar-refractivity contribution is -0.191. The molecule has 0 spiro atoms. The van der Waals surface area contributed by atoms with Crippen molar-refractivity contribution in [1.29, 1.82) is 0 Å². The van der Waals surface area contributed by atoms with Crippen LogP contribution in [0, 0.1) is 0 Å². The van der Waals surface area contributed by atoms with Crippen molar-refractivity contribution in [1.82, 2.24) is 8.87 Å². The highest BCUT2D eigenvalue weighted by atomic mass is 32.2. The molecule has 0 amide bonds. The van der Waals surface area contributed by atoms with Gasteiger partial charge in [0.1, 0.15) is 5.75 Å². The summed E-state index contributed by atoms with van der Waals surface area (Å²) in [5.41, 5.74) is 1.75. The van der Waals surface area contributed by atoms with E-state index < -0.39 is 10.2 Å². The van der Waals surface area contributed by atoms with E-state index in [1.54, 1.807) is 24.3 Å². The predicted octanol–water partition coefficient (Wildman–Crippen LogP) is 3.84. The van der Waals surface area contributed by atoms with E-state index in [1.165, 1.54) is 15.2 Å². The summed E-state index contributed by atoms with van der Waals surface area (Å²) in [4.78, 5) is 16.2. The number of hydrogen-bond donors (Lipinski definition) is 1. The topological polar surface area (TPSA) is 97.7 Å². The van der Waals surface area contributed by atoms with Crippen LogP contribution in [0.5, 0.6) is 5.75 Å². The Bertz CT molecular complexity index is 1160. The molecule has 0 aliphatic carbocycles. The third kappa shape index (κ3) is 5.76. The monoisotopic (exact) mass is 457 g/mol. The largest absolute Gasteiger partial charge is 0.491 e. The number of piperidine rings is 1. The van der Waals surface area contributed by atoms with Gasteiger partial charge in [0.25, 0.3) is 0 Å². The fourth-order valence-corrected chi connectivity index (χ4v) is 5.13. The van der Waals surface area contributed by atoms with Gasteiger partial charge in [-0.2, -0.15) is 22.3 Å². The van der Waals surface area contributed by atoms with Gasteiger partial charge < -0.3 is 9.30 Å². The number of nitrogens with zero attached hydrogens (tertiary/aromatic N) is 2. The normalized spacial score (nSPS) is 15.1. The fourth-order valence-electron chi connectivity index (χ4n) is 3.87. The Kier molecular flexibility index (Phi) is 7.69. The Labute approximate surface area is 188 Å². The maximum absolute atomic E-state index is 12.8. The predicted molar refractivity (Wildman–Crippen MR) is 122 cm³/mol. The molecule has 3 aromatic rings. The van der Waals surface area contributed by atoms with Crippen molar-refractivity contribution in [2.75, 3.05) is 17.8 Å².